The lowest BCUT2D eigenvalue weighted by atomic mass is 9.81. The fourth-order valence-corrected chi connectivity index (χ4v) is 5.66. The number of carbonyl (C=O) groups is 1. The predicted octanol–water partition coefficient (Wildman–Crippen LogP) is 6.61. The molecule has 1 atom stereocenters. The fraction of sp³-hybridized carbons (Fsp3) is 0.419. The van der Waals surface area contributed by atoms with E-state index in [1.165, 1.54) is 6.33 Å². The van der Waals surface area contributed by atoms with Gasteiger partial charge in [0.15, 0.2) is 5.65 Å². The van der Waals surface area contributed by atoms with Gasteiger partial charge in [0.1, 0.15) is 35.1 Å². The summed E-state index contributed by atoms with van der Waals surface area (Å²) >= 11 is 0. The molecule has 212 valence electrons. The smallest absolute Gasteiger partial charge is 0.164 e. The van der Waals surface area contributed by atoms with Gasteiger partial charge in [-0.1, -0.05) is 32.0 Å². The van der Waals surface area contributed by atoms with Crippen LogP contribution in [0.4, 0.5) is 5.82 Å². The number of benzene rings is 2. The van der Waals surface area contributed by atoms with Crippen molar-refractivity contribution >= 4 is 35.0 Å². The number of nitrogens with zero attached hydrogens (tertiary/aromatic N) is 4. The number of likely N-dealkylation sites (N-methyl/N-ethyl adjacent to an activating group) is 1. The number of ether oxygens (including phenoxy) is 1. The molecule has 3 N–H and O–H groups in total. The molecule has 2 aromatic carbocycles. The third-order valence-electron chi connectivity index (χ3n) is 7.72. The molecule has 0 unspecified atom stereocenters. The Bertz CT molecular complexity index is 1400. The maximum Gasteiger partial charge on any atom is 0.164 e. The molecule has 5 rings (SSSR count). The van der Waals surface area contributed by atoms with E-state index in [1.54, 1.807) is 0 Å². The number of anilines is 1. The van der Waals surface area contributed by atoms with Crippen LogP contribution in [0.5, 0.6) is 11.5 Å². The van der Waals surface area contributed by atoms with Crippen molar-refractivity contribution < 1.29 is 9.53 Å². The number of hydrogen-bond donors (Lipinski definition) is 2. The van der Waals surface area contributed by atoms with E-state index in [0.717, 1.165) is 65.9 Å². The number of nitrogens with one attached hydrogen (secondary N) is 1. The van der Waals surface area contributed by atoms with Gasteiger partial charge in [0, 0.05) is 12.0 Å². The highest BCUT2D eigenvalue weighted by molar-refractivity contribution is 5.98. The molecule has 2 aromatic heterocycles. The summed E-state index contributed by atoms with van der Waals surface area (Å²) in [5.74, 6) is 3.20. The lowest BCUT2D eigenvalue weighted by Gasteiger charge is -2.29. The average molecular weight is 563 g/mol. The monoisotopic (exact) mass is 562 g/mol. The summed E-state index contributed by atoms with van der Waals surface area (Å²) in [7, 11) is 1.89. The van der Waals surface area contributed by atoms with E-state index in [2.05, 4.69) is 29.1 Å². The molecule has 1 aliphatic carbocycles. The highest BCUT2D eigenvalue weighted by atomic mass is 35.5. The molecule has 4 aromatic rings. The van der Waals surface area contributed by atoms with Crippen molar-refractivity contribution in [1.29, 1.82) is 0 Å². The Hall–Kier alpha value is -3.49. The van der Waals surface area contributed by atoms with Gasteiger partial charge in [-0.3, -0.25) is 4.79 Å². The molecule has 0 amide bonds. The van der Waals surface area contributed by atoms with Gasteiger partial charge < -0.3 is 15.8 Å². The van der Waals surface area contributed by atoms with E-state index < -0.39 is 0 Å². The lowest BCUT2D eigenvalue weighted by molar-refractivity contribution is -0.122. The van der Waals surface area contributed by atoms with Crippen LogP contribution >= 0.6 is 12.4 Å². The molecule has 8 nitrogen and oxygen atoms in total. The molecule has 1 saturated carbocycles. The molecule has 9 heteroatoms. The number of halogens is 1. The third kappa shape index (κ3) is 6.62. The van der Waals surface area contributed by atoms with E-state index in [1.807, 2.05) is 66.3 Å². The van der Waals surface area contributed by atoms with Crippen LogP contribution in [0.15, 0.2) is 60.9 Å². The van der Waals surface area contributed by atoms with Crippen molar-refractivity contribution in [3.05, 3.63) is 60.9 Å². The first-order chi connectivity index (χ1) is 18.9. The molecule has 0 saturated heterocycles. The van der Waals surface area contributed by atoms with Crippen LogP contribution in [0.2, 0.25) is 0 Å². The Kier molecular flexibility index (Phi) is 9.76. The fourth-order valence-electron chi connectivity index (χ4n) is 5.66. The quantitative estimate of drug-likeness (QED) is 0.224. The van der Waals surface area contributed by atoms with Crippen LogP contribution in [-0.2, 0) is 4.79 Å². The minimum absolute atomic E-state index is 0. The van der Waals surface area contributed by atoms with Gasteiger partial charge in [0.2, 0.25) is 0 Å². The van der Waals surface area contributed by atoms with Crippen LogP contribution < -0.4 is 15.8 Å². The van der Waals surface area contributed by atoms with E-state index in [9.17, 15) is 4.79 Å². The predicted molar refractivity (Wildman–Crippen MR) is 162 cm³/mol. The number of ketones is 1. The topological polar surface area (TPSA) is 108 Å². The maximum atomic E-state index is 12.9. The number of Topliss-reactive ketones (excluding diaryl/α,β-unsaturated/α-hetero) is 1. The van der Waals surface area contributed by atoms with Crippen LogP contribution in [-0.4, -0.2) is 38.6 Å². The largest absolute Gasteiger partial charge is 0.457 e. The Balaban J connectivity index is 0.00000370. The number of hydrogen-bond acceptors (Lipinski definition) is 7. The molecule has 0 aliphatic heterocycles. The van der Waals surface area contributed by atoms with Gasteiger partial charge in [-0.2, -0.15) is 5.10 Å². The van der Waals surface area contributed by atoms with Crippen molar-refractivity contribution in [1.82, 2.24) is 25.1 Å². The Morgan fingerprint density at radius 1 is 1.02 bits per heavy atom. The minimum Gasteiger partial charge on any atom is -0.457 e. The maximum absolute atomic E-state index is 12.9. The summed E-state index contributed by atoms with van der Waals surface area (Å²) in [5.41, 5.74) is 8.82. The SMILES string of the molecule is CN[C@@H](CC(C)C)C(=O)CC1CCC(n2nc(-c3ccc(Oc4ccccc4)cc3)c3c(N)ncnc32)CC1.Cl. The minimum atomic E-state index is -0.0514. The molecule has 1 aliphatic rings. The zero-order valence-electron chi connectivity index (χ0n) is 23.4. The zero-order valence-corrected chi connectivity index (χ0v) is 24.2. The molecule has 0 bridgehead atoms. The van der Waals surface area contributed by atoms with E-state index in [0.29, 0.717) is 29.9 Å². The highest BCUT2D eigenvalue weighted by Gasteiger charge is 2.29. The summed E-state index contributed by atoms with van der Waals surface area (Å²) < 4.78 is 7.99. The average Bonchev–Trinajstić information content (AvgIpc) is 3.34. The molecular formula is C31H39ClN6O2. The number of carbonyl (C=O) groups excluding carboxylic acids is 1. The molecular weight excluding hydrogens is 524 g/mol. The molecule has 0 radical (unpaired) electrons. The first kappa shape index (κ1) is 29.5. The Labute approximate surface area is 242 Å². The first-order valence-electron chi connectivity index (χ1n) is 13.9. The van der Waals surface area contributed by atoms with Crippen LogP contribution in [0.25, 0.3) is 22.3 Å². The van der Waals surface area contributed by atoms with Crippen LogP contribution in [0.3, 0.4) is 0 Å². The van der Waals surface area contributed by atoms with E-state index in [4.69, 9.17) is 15.6 Å². The summed E-state index contributed by atoms with van der Waals surface area (Å²) in [4.78, 5) is 21.8. The van der Waals surface area contributed by atoms with E-state index in [-0.39, 0.29) is 24.5 Å². The summed E-state index contributed by atoms with van der Waals surface area (Å²) in [6.07, 6.45) is 6.93. The Morgan fingerprint density at radius 2 is 1.70 bits per heavy atom. The van der Waals surface area contributed by atoms with Crippen molar-refractivity contribution in [3.63, 3.8) is 0 Å². The first-order valence-corrected chi connectivity index (χ1v) is 13.9. The second kappa shape index (κ2) is 13.2. The van der Waals surface area contributed by atoms with Crippen LogP contribution in [0, 0.1) is 11.8 Å². The van der Waals surface area contributed by atoms with Crippen molar-refractivity contribution in [2.75, 3.05) is 12.8 Å². The Morgan fingerprint density at radius 3 is 2.35 bits per heavy atom. The number of nitrogen functional groups attached to an aromatic ring is 1. The normalized spacial score (nSPS) is 17.9. The second-order valence-electron chi connectivity index (χ2n) is 11.0. The summed E-state index contributed by atoms with van der Waals surface area (Å²) in [6.45, 7) is 4.32. The van der Waals surface area contributed by atoms with Gasteiger partial charge in [0.05, 0.1) is 17.5 Å². The molecule has 0 spiro atoms. The van der Waals surface area contributed by atoms with Crippen molar-refractivity contribution in [2.45, 2.75) is 64.5 Å². The number of rotatable bonds is 10. The number of nitrogens with two attached hydrogens (primary N) is 1. The van der Waals surface area contributed by atoms with Gasteiger partial charge in [-0.15, -0.1) is 12.4 Å². The lowest BCUT2D eigenvalue weighted by Crippen LogP contribution is -2.36. The third-order valence-corrected chi connectivity index (χ3v) is 7.72. The van der Waals surface area contributed by atoms with Gasteiger partial charge >= 0.3 is 0 Å². The van der Waals surface area contributed by atoms with Crippen molar-refractivity contribution in [3.8, 4) is 22.8 Å². The number of fused-ring (bicyclic) bond motifs is 1. The second-order valence-corrected chi connectivity index (χ2v) is 11.0. The number of para-hydroxylation sites is 1. The van der Waals surface area contributed by atoms with Gasteiger partial charge in [-0.25, -0.2) is 14.6 Å². The number of aromatic nitrogens is 4. The van der Waals surface area contributed by atoms with Gasteiger partial charge in [-0.05, 0) is 87.4 Å². The van der Waals surface area contributed by atoms with Crippen molar-refractivity contribution in [2.24, 2.45) is 11.8 Å². The standard InChI is InChI=1S/C31H38N6O2.ClH/c1-20(2)17-26(33-3)27(38)18-21-9-13-23(14-10-21)37-31-28(30(32)34-19-35-31)29(36-37)22-11-15-25(16-12-22)39-24-7-5-4-6-8-24;/h4-8,11-12,15-16,19-21,23,26,33H,9-10,13-14,17-18H2,1-3H3,(H2,32,34,35);1H/t21?,23?,26-;/m0./s1. The highest BCUT2D eigenvalue weighted by Crippen LogP contribution is 2.39. The molecule has 40 heavy (non-hydrogen) atoms. The van der Waals surface area contributed by atoms with Gasteiger partial charge in [0.25, 0.3) is 0 Å². The van der Waals surface area contributed by atoms with E-state index >= 15 is 0 Å². The molecule has 2 heterocycles. The van der Waals surface area contributed by atoms with Crippen LogP contribution in [0.1, 0.15) is 58.4 Å². The molecule has 1 fully saturated rings. The zero-order chi connectivity index (χ0) is 27.4. The summed E-state index contributed by atoms with van der Waals surface area (Å²) in [5, 5.41) is 9.03. The summed E-state index contributed by atoms with van der Waals surface area (Å²) in [6, 6.07) is 17.7.